The van der Waals surface area contributed by atoms with E-state index in [-0.39, 0.29) is 22.8 Å². The quantitative estimate of drug-likeness (QED) is 0.803. The molecule has 3 atom stereocenters. The fourth-order valence-electron chi connectivity index (χ4n) is 3.65. The Labute approximate surface area is 135 Å². The van der Waals surface area contributed by atoms with Crippen LogP contribution >= 0.6 is 11.8 Å². The van der Waals surface area contributed by atoms with Crippen molar-refractivity contribution in [1.29, 1.82) is 0 Å². The monoisotopic (exact) mass is 327 g/mol. The first kappa shape index (κ1) is 17.3. The Bertz CT molecular complexity index is 465. The van der Waals surface area contributed by atoms with Crippen LogP contribution < -0.4 is 0 Å². The van der Waals surface area contributed by atoms with E-state index in [1.165, 1.54) is 20.3 Å². The highest BCUT2D eigenvalue weighted by molar-refractivity contribution is 8.13. The first-order chi connectivity index (χ1) is 10.4. The SMILES string of the molecule is CC(=O)SC[C@](C)(C(=O)O)C(=O)N1CCCC2CCCCC21. The number of carbonyl (C=O) groups is 3. The van der Waals surface area contributed by atoms with Crippen LogP contribution in [0.4, 0.5) is 0 Å². The molecule has 1 saturated carbocycles. The van der Waals surface area contributed by atoms with Gasteiger partial charge in [0, 0.05) is 25.3 Å². The second kappa shape index (κ2) is 7.02. The van der Waals surface area contributed by atoms with Gasteiger partial charge in [-0.15, -0.1) is 0 Å². The molecule has 1 N–H and O–H groups in total. The Morgan fingerprint density at radius 3 is 2.45 bits per heavy atom. The van der Waals surface area contributed by atoms with Crippen molar-refractivity contribution in [3.8, 4) is 0 Å². The van der Waals surface area contributed by atoms with Crippen molar-refractivity contribution in [3.63, 3.8) is 0 Å². The molecule has 1 heterocycles. The maximum atomic E-state index is 12.9. The summed E-state index contributed by atoms with van der Waals surface area (Å²) in [5.74, 6) is -0.927. The second-order valence-corrected chi connectivity index (χ2v) is 7.82. The number of thioether (sulfide) groups is 1. The molecule has 0 spiro atoms. The summed E-state index contributed by atoms with van der Waals surface area (Å²) in [7, 11) is 0. The van der Waals surface area contributed by atoms with Crippen molar-refractivity contribution in [1.82, 2.24) is 4.90 Å². The summed E-state index contributed by atoms with van der Waals surface area (Å²) in [4.78, 5) is 37.6. The van der Waals surface area contributed by atoms with Gasteiger partial charge in [0.2, 0.25) is 5.91 Å². The number of carboxylic acids is 1. The molecular weight excluding hydrogens is 302 g/mol. The van der Waals surface area contributed by atoms with Crippen LogP contribution in [0.2, 0.25) is 0 Å². The third-order valence-corrected chi connectivity index (χ3v) is 6.14. The van der Waals surface area contributed by atoms with Gasteiger partial charge >= 0.3 is 5.97 Å². The molecule has 1 aliphatic carbocycles. The lowest BCUT2D eigenvalue weighted by atomic mass is 9.77. The molecule has 22 heavy (non-hydrogen) atoms. The van der Waals surface area contributed by atoms with Crippen molar-refractivity contribution in [2.24, 2.45) is 11.3 Å². The Hall–Kier alpha value is -1.04. The standard InChI is InChI=1S/C16H25NO4S/c1-11(18)22-10-16(2,15(20)21)14(19)17-9-5-7-12-6-3-4-8-13(12)17/h12-13H,3-10H2,1-2H3,(H,20,21)/t12?,13?,16-/m0/s1. The molecule has 1 saturated heterocycles. The highest BCUT2D eigenvalue weighted by Gasteiger charge is 2.47. The van der Waals surface area contributed by atoms with E-state index in [0.717, 1.165) is 43.9 Å². The van der Waals surface area contributed by atoms with Gasteiger partial charge in [-0.1, -0.05) is 24.6 Å². The maximum absolute atomic E-state index is 12.9. The number of carbonyl (C=O) groups excluding carboxylic acids is 2. The van der Waals surface area contributed by atoms with Gasteiger partial charge in [0.1, 0.15) is 0 Å². The van der Waals surface area contributed by atoms with Gasteiger partial charge in [-0.2, -0.15) is 0 Å². The fraction of sp³-hybridized carbons (Fsp3) is 0.812. The minimum atomic E-state index is -1.52. The summed E-state index contributed by atoms with van der Waals surface area (Å²) in [5.41, 5.74) is -1.52. The number of piperidine rings is 1. The Morgan fingerprint density at radius 1 is 1.18 bits per heavy atom. The van der Waals surface area contributed by atoms with E-state index in [4.69, 9.17) is 0 Å². The smallest absolute Gasteiger partial charge is 0.319 e. The lowest BCUT2D eigenvalue weighted by Crippen LogP contribution is -2.56. The lowest BCUT2D eigenvalue weighted by Gasteiger charge is -2.46. The Morgan fingerprint density at radius 2 is 1.82 bits per heavy atom. The number of amides is 1. The number of fused-ring (bicyclic) bond motifs is 1. The average Bonchev–Trinajstić information content (AvgIpc) is 2.51. The predicted octanol–water partition coefficient (Wildman–Crippen LogP) is 2.54. The number of hydrogen-bond acceptors (Lipinski definition) is 4. The molecule has 1 amide bonds. The average molecular weight is 327 g/mol. The van der Waals surface area contributed by atoms with E-state index in [9.17, 15) is 19.5 Å². The van der Waals surface area contributed by atoms with Crippen molar-refractivity contribution in [2.75, 3.05) is 12.3 Å². The van der Waals surface area contributed by atoms with Gasteiger partial charge in [-0.05, 0) is 38.5 Å². The number of hydrogen-bond donors (Lipinski definition) is 1. The van der Waals surface area contributed by atoms with Crippen molar-refractivity contribution in [2.45, 2.75) is 58.4 Å². The van der Waals surface area contributed by atoms with Crippen LogP contribution in [0.5, 0.6) is 0 Å². The molecule has 6 heteroatoms. The number of nitrogens with zero attached hydrogens (tertiary/aromatic N) is 1. The van der Waals surface area contributed by atoms with Crippen LogP contribution in [0.3, 0.4) is 0 Å². The highest BCUT2D eigenvalue weighted by atomic mass is 32.2. The van der Waals surface area contributed by atoms with Crippen LogP contribution in [0, 0.1) is 11.3 Å². The van der Waals surface area contributed by atoms with Gasteiger partial charge in [0.25, 0.3) is 0 Å². The van der Waals surface area contributed by atoms with Gasteiger partial charge in [-0.25, -0.2) is 0 Å². The topological polar surface area (TPSA) is 74.7 Å². The number of rotatable bonds is 4. The zero-order valence-electron chi connectivity index (χ0n) is 13.3. The summed E-state index contributed by atoms with van der Waals surface area (Å²) in [6.45, 7) is 3.50. The van der Waals surface area contributed by atoms with Gasteiger partial charge in [-0.3, -0.25) is 14.4 Å². The zero-order chi connectivity index (χ0) is 16.3. The first-order valence-electron chi connectivity index (χ1n) is 8.04. The predicted molar refractivity (Wildman–Crippen MR) is 85.6 cm³/mol. The van der Waals surface area contributed by atoms with E-state index in [1.807, 2.05) is 4.90 Å². The molecule has 0 aromatic rings. The molecular formula is C16H25NO4S. The molecule has 0 aromatic heterocycles. The molecule has 2 unspecified atom stereocenters. The van der Waals surface area contributed by atoms with Crippen LogP contribution in [0.25, 0.3) is 0 Å². The van der Waals surface area contributed by atoms with Crippen LogP contribution in [-0.2, 0) is 14.4 Å². The fourth-order valence-corrected chi connectivity index (χ4v) is 4.39. The molecule has 0 radical (unpaired) electrons. The second-order valence-electron chi connectivity index (χ2n) is 6.67. The zero-order valence-corrected chi connectivity index (χ0v) is 14.2. The summed E-state index contributed by atoms with van der Waals surface area (Å²) < 4.78 is 0. The molecule has 0 aromatic carbocycles. The lowest BCUT2D eigenvalue weighted by molar-refractivity contribution is -0.161. The molecule has 124 valence electrons. The molecule has 2 rings (SSSR count). The van der Waals surface area contributed by atoms with Crippen molar-refractivity contribution in [3.05, 3.63) is 0 Å². The summed E-state index contributed by atoms with van der Waals surface area (Å²) in [5, 5.41) is 9.41. The number of carboxylic acid groups (broad SMARTS) is 1. The third-order valence-electron chi connectivity index (χ3n) is 5.01. The summed E-state index contributed by atoms with van der Waals surface area (Å²) in [6, 6.07) is 0.191. The maximum Gasteiger partial charge on any atom is 0.319 e. The Balaban J connectivity index is 2.18. The van der Waals surface area contributed by atoms with E-state index in [2.05, 4.69) is 0 Å². The van der Waals surface area contributed by atoms with Gasteiger partial charge < -0.3 is 10.0 Å². The van der Waals surface area contributed by atoms with Crippen LogP contribution in [-0.4, -0.2) is 45.3 Å². The van der Waals surface area contributed by atoms with Crippen molar-refractivity contribution >= 4 is 28.8 Å². The van der Waals surface area contributed by atoms with E-state index < -0.39 is 11.4 Å². The van der Waals surface area contributed by atoms with E-state index >= 15 is 0 Å². The van der Waals surface area contributed by atoms with Crippen LogP contribution in [0.15, 0.2) is 0 Å². The Kier molecular flexibility index (Phi) is 5.53. The number of likely N-dealkylation sites (tertiary alicyclic amines) is 1. The molecule has 0 bridgehead atoms. The number of aliphatic carboxylic acids is 1. The highest BCUT2D eigenvalue weighted by Crippen LogP contribution is 2.38. The minimum absolute atomic E-state index is 0.00435. The van der Waals surface area contributed by atoms with Gasteiger partial charge in [0.05, 0.1) is 0 Å². The summed E-state index contributed by atoms with van der Waals surface area (Å²) in [6.07, 6.45) is 6.52. The molecule has 5 nitrogen and oxygen atoms in total. The normalized spacial score (nSPS) is 27.6. The van der Waals surface area contributed by atoms with Gasteiger partial charge in [0.15, 0.2) is 10.5 Å². The first-order valence-corrected chi connectivity index (χ1v) is 9.02. The minimum Gasteiger partial charge on any atom is -0.480 e. The third kappa shape index (κ3) is 3.47. The summed E-state index contributed by atoms with van der Waals surface area (Å²) >= 11 is 0.921. The van der Waals surface area contributed by atoms with E-state index in [0.29, 0.717) is 12.5 Å². The molecule has 1 aliphatic heterocycles. The molecule has 2 aliphatic rings. The largest absolute Gasteiger partial charge is 0.480 e. The van der Waals surface area contributed by atoms with Crippen molar-refractivity contribution < 1.29 is 19.5 Å². The van der Waals surface area contributed by atoms with Crippen LogP contribution in [0.1, 0.15) is 52.4 Å². The van der Waals surface area contributed by atoms with E-state index in [1.54, 1.807) is 0 Å². The molecule has 2 fully saturated rings.